The summed E-state index contributed by atoms with van der Waals surface area (Å²) in [5, 5.41) is 4.91. The van der Waals surface area contributed by atoms with Gasteiger partial charge in [0.1, 0.15) is 5.82 Å². The molecule has 0 saturated heterocycles. The van der Waals surface area contributed by atoms with Crippen LogP contribution in [0.1, 0.15) is 10.4 Å². The number of carbonyl (C=O) groups excluding carboxylic acids is 1. The standard InChI is InChI=1S/C13H17FN2O4S/c1-3-6-16(7-8-20-2)13(17)11-5-4-10(9-12(11)14)21(15,18)19/h3-5,9H,1,6-8H2,2H3,(H2,15,18,19). The molecule has 0 heterocycles. The van der Waals surface area contributed by atoms with Gasteiger partial charge in [-0.1, -0.05) is 6.08 Å². The number of ether oxygens (including phenoxy) is 1. The maximum atomic E-state index is 13.9. The fourth-order valence-corrected chi connectivity index (χ4v) is 2.18. The summed E-state index contributed by atoms with van der Waals surface area (Å²) in [7, 11) is -2.53. The lowest BCUT2D eigenvalue weighted by molar-refractivity contribution is 0.0713. The molecule has 0 aliphatic rings. The second-order valence-corrected chi connectivity index (χ2v) is 5.78. The second kappa shape index (κ2) is 7.30. The third-order valence-corrected chi connectivity index (χ3v) is 3.61. The van der Waals surface area contributed by atoms with E-state index in [0.29, 0.717) is 0 Å². The number of rotatable bonds is 7. The fraction of sp³-hybridized carbons (Fsp3) is 0.308. The number of primary sulfonamides is 1. The number of benzene rings is 1. The van der Waals surface area contributed by atoms with Gasteiger partial charge in [-0.15, -0.1) is 6.58 Å². The third kappa shape index (κ3) is 4.62. The van der Waals surface area contributed by atoms with Crippen LogP contribution in [0.25, 0.3) is 0 Å². The van der Waals surface area contributed by atoms with Gasteiger partial charge in [0.05, 0.1) is 17.1 Å². The SMILES string of the molecule is C=CCN(CCOC)C(=O)c1ccc(S(N)(=O)=O)cc1F. The Labute approximate surface area is 123 Å². The topological polar surface area (TPSA) is 89.7 Å². The van der Waals surface area contributed by atoms with E-state index in [4.69, 9.17) is 9.88 Å². The Morgan fingerprint density at radius 1 is 1.52 bits per heavy atom. The van der Waals surface area contributed by atoms with Crippen LogP contribution < -0.4 is 5.14 Å². The molecule has 21 heavy (non-hydrogen) atoms. The average molecular weight is 316 g/mol. The van der Waals surface area contributed by atoms with Crippen LogP contribution in [-0.2, 0) is 14.8 Å². The van der Waals surface area contributed by atoms with E-state index in [9.17, 15) is 17.6 Å². The smallest absolute Gasteiger partial charge is 0.257 e. The first-order valence-electron chi connectivity index (χ1n) is 6.02. The molecule has 2 N–H and O–H groups in total. The zero-order chi connectivity index (χ0) is 16.0. The molecule has 8 heteroatoms. The highest BCUT2D eigenvalue weighted by Crippen LogP contribution is 2.15. The van der Waals surface area contributed by atoms with E-state index in [2.05, 4.69) is 6.58 Å². The molecule has 0 fully saturated rings. The molecule has 0 unspecified atom stereocenters. The summed E-state index contributed by atoms with van der Waals surface area (Å²) < 4.78 is 41.1. The second-order valence-electron chi connectivity index (χ2n) is 4.22. The van der Waals surface area contributed by atoms with Gasteiger partial charge in [0.2, 0.25) is 10.0 Å². The highest BCUT2D eigenvalue weighted by Gasteiger charge is 2.20. The summed E-state index contributed by atoms with van der Waals surface area (Å²) >= 11 is 0. The van der Waals surface area contributed by atoms with Crippen molar-refractivity contribution in [2.75, 3.05) is 26.8 Å². The highest BCUT2D eigenvalue weighted by atomic mass is 32.2. The van der Waals surface area contributed by atoms with Gasteiger partial charge >= 0.3 is 0 Å². The molecule has 0 aromatic heterocycles. The molecule has 1 aromatic carbocycles. The molecule has 116 valence electrons. The first kappa shape index (κ1) is 17.3. The number of halogens is 1. The van der Waals surface area contributed by atoms with Gasteiger partial charge in [-0.25, -0.2) is 17.9 Å². The van der Waals surface area contributed by atoms with E-state index in [-0.39, 0.29) is 30.2 Å². The van der Waals surface area contributed by atoms with Crippen LogP contribution in [0.15, 0.2) is 35.7 Å². The van der Waals surface area contributed by atoms with Crippen molar-refractivity contribution in [1.29, 1.82) is 0 Å². The van der Waals surface area contributed by atoms with Gasteiger partial charge < -0.3 is 9.64 Å². The Morgan fingerprint density at radius 2 is 2.19 bits per heavy atom. The van der Waals surface area contributed by atoms with Crippen LogP contribution in [0.3, 0.4) is 0 Å². The zero-order valence-electron chi connectivity index (χ0n) is 11.6. The van der Waals surface area contributed by atoms with Gasteiger partial charge in [0.25, 0.3) is 5.91 Å². The Bertz CT molecular complexity index is 631. The van der Waals surface area contributed by atoms with E-state index in [0.717, 1.165) is 18.2 Å². The lowest BCUT2D eigenvalue weighted by Crippen LogP contribution is -2.34. The van der Waals surface area contributed by atoms with Crippen LogP contribution in [0.2, 0.25) is 0 Å². The Kier molecular flexibility index (Phi) is 6.01. The van der Waals surface area contributed by atoms with E-state index >= 15 is 0 Å². The van der Waals surface area contributed by atoms with E-state index in [1.54, 1.807) is 0 Å². The predicted molar refractivity (Wildman–Crippen MR) is 75.7 cm³/mol. The normalized spacial score (nSPS) is 11.2. The predicted octanol–water partition coefficient (Wildman–Crippen LogP) is 0.748. The summed E-state index contributed by atoms with van der Waals surface area (Å²) in [6.07, 6.45) is 1.50. The lowest BCUT2D eigenvalue weighted by atomic mass is 10.2. The van der Waals surface area contributed by atoms with Crippen LogP contribution >= 0.6 is 0 Å². The van der Waals surface area contributed by atoms with Gasteiger partial charge in [-0.2, -0.15) is 0 Å². The molecular weight excluding hydrogens is 299 g/mol. The highest BCUT2D eigenvalue weighted by molar-refractivity contribution is 7.89. The average Bonchev–Trinajstić information content (AvgIpc) is 2.41. The molecule has 1 amide bonds. The molecule has 1 aromatic rings. The molecule has 0 aliphatic heterocycles. The van der Waals surface area contributed by atoms with Crippen molar-refractivity contribution in [3.63, 3.8) is 0 Å². The van der Waals surface area contributed by atoms with Crippen molar-refractivity contribution in [3.8, 4) is 0 Å². The Hall–Kier alpha value is -1.77. The Balaban J connectivity index is 3.08. The number of methoxy groups -OCH3 is 1. The molecule has 0 radical (unpaired) electrons. The van der Waals surface area contributed by atoms with Crippen LogP contribution in [0, 0.1) is 5.82 Å². The first-order chi connectivity index (χ1) is 9.81. The van der Waals surface area contributed by atoms with Crippen molar-refractivity contribution in [2.45, 2.75) is 4.90 Å². The minimum absolute atomic E-state index is 0.221. The number of amides is 1. The van der Waals surface area contributed by atoms with E-state index in [1.165, 1.54) is 18.1 Å². The minimum atomic E-state index is -4.01. The fourth-order valence-electron chi connectivity index (χ4n) is 1.65. The number of sulfonamides is 1. The monoisotopic (exact) mass is 316 g/mol. The van der Waals surface area contributed by atoms with Crippen molar-refractivity contribution in [2.24, 2.45) is 5.14 Å². The van der Waals surface area contributed by atoms with E-state index in [1.807, 2.05) is 0 Å². The molecule has 0 spiro atoms. The number of nitrogens with zero attached hydrogens (tertiary/aromatic N) is 1. The lowest BCUT2D eigenvalue weighted by Gasteiger charge is -2.21. The number of nitrogens with two attached hydrogens (primary N) is 1. The summed E-state index contributed by atoms with van der Waals surface area (Å²) in [5.41, 5.74) is -0.236. The van der Waals surface area contributed by atoms with Gasteiger partial charge in [-0.05, 0) is 18.2 Å². The molecule has 0 bridgehead atoms. The summed E-state index contributed by atoms with van der Waals surface area (Å²) in [6.45, 7) is 4.30. The first-order valence-corrected chi connectivity index (χ1v) is 7.57. The van der Waals surface area contributed by atoms with Crippen LogP contribution in [0.4, 0.5) is 4.39 Å². The van der Waals surface area contributed by atoms with Gasteiger partial charge in [-0.3, -0.25) is 4.79 Å². The maximum Gasteiger partial charge on any atom is 0.257 e. The third-order valence-electron chi connectivity index (χ3n) is 2.70. The number of hydrogen-bond donors (Lipinski definition) is 1. The van der Waals surface area contributed by atoms with Crippen molar-refractivity contribution < 1.29 is 22.3 Å². The maximum absolute atomic E-state index is 13.9. The van der Waals surface area contributed by atoms with Crippen molar-refractivity contribution in [3.05, 3.63) is 42.2 Å². The van der Waals surface area contributed by atoms with Crippen molar-refractivity contribution in [1.82, 2.24) is 4.90 Å². The molecule has 6 nitrogen and oxygen atoms in total. The number of carbonyl (C=O) groups is 1. The summed E-state index contributed by atoms with van der Waals surface area (Å²) in [4.78, 5) is 13.2. The van der Waals surface area contributed by atoms with Crippen LogP contribution in [-0.4, -0.2) is 46.0 Å². The zero-order valence-corrected chi connectivity index (χ0v) is 12.4. The molecule has 0 atom stereocenters. The Morgan fingerprint density at radius 3 is 2.67 bits per heavy atom. The van der Waals surface area contributed by atoms with Gasteiger partial charge in [0, 0.05) is 20.2 Å². The summed E-state index contributed by atoms with van der Waals surface area (Å²) in [6, 6.07) is 2.92. The quantitative estimate of drug-likeness (QED) is 0.752. The molecule has 1 rings (SSSR count). The largest absolute Gasteiger partial charge is 0.383 e. The molecule has 0 saturated carbocycles. The summed E-state index contributed by atoms with van der Waals surface area (Å²) in [5.74, 6) is -1.52. The van der Waals surface area contributed by atoms with E-state index < -0.39 is 21.7 Å². The number of hydrogen-bond acceptors (Lipinski definition) is 4. The van der Waals surface area contributed by atoms with Crippen molar-refractivity contribution >= 4 is 15.9 Å². The minimum Gasteiger partial charge on any atom is -0.383 e. The molecule has 0 aliphatic carbocycles. The van der Waals surface area contributed by atoms with Gasteiger partial charge in [0.15, 0.2) is 0 Å². The van der Waals surface area contributed by atoms with Crippen LogP contribution in [0.5, 0.6) is 0 Å². The molecular formula is C13H17FN2O4S.